The predicted molar refractivity (Wildman–Crippen MR) is 95.6 cm³/mol. The van der Waals surface area contributed by atoms with E-state index in [9.17, 15) is 19.5 Å². The summed E-state index contributed by atoms with van der Waals surface area (Å²) in [6.45, 7) is 0. The van der Waals surface area contributed by atoms with Gasteiger partial charge in [0.25, 0.3) is 11.1 Å². The molecule has 0 aromatic heterocycles. The fourth-order valence-corrected chi connectivity index (χ4v) is 3.61. The van der Waals surface area contributed by atoms with Crippen molar-refractivity contribution < 1.29 is 19.5 Å². The van der Waals surface area contributed by atoms with Gasteiger partial charge in [0.05, 0.1) is 10.5 Å². The van der Waals surface area contributed by atoms with Gasteiger partial charge in [0, 0.05) is 4.47 Å². The van der Waals surface area contributed by atoms with Crippen molar-refractivity contribution in [2.75, 3.05) is 0 Å². The average molecular weight is 404 g/mol. The molecule has 7 heteroatoms. The molecule has 0 atom stereocenters. The van der Waals surface area contributed by atoms with Gasteiger partial charge in [-0.05, 0) is 46.7 Å². The summed E-state index contributed by atoms with van der Waals surface area (Å²) in [5, 5.41) is 11.1. The molecular weight excluding hydrogens is 394 g/mol. The minimum absolute atomic E-state index is 0.209. The summed E-state index contributed by atoms with van der Waals surface area (Å²) in [5.41, 5.74) is 2.26. The van der Waals surface area contributed by atoms with Crippen molar-refractivity contribution in [1.82, 2.24) is 5.32 Å². The van der Waals surface area contributed by atoms with Gasteiger partial charge in [-0.1, -0.05) is 46.3 Å². The summed E-state index contributed by atoms with van der Waals surface area (Å²) in [6, 6.07) is 12.0. The highest BCUT2D eigenvalue weighted by atomic mass is 79.9. The minimum atomic E-state index is -0.999. The van der Waals surface area contributed by atoms with Crippen molar-refractivity contribution in [3.8, 4) is 11.1 Å². The summed E-state index contributed by atoms with van der Waals surface area (Å²) in [5.74, 6) is -1.41. The molecule has 3 rings (SSSR count). The molecule has 1 aliphatic rings. The monoisotopic (exact) mass is 403 g/mol. The van der Waals surface area contributed by atoms with Crippen LogP contribution in [-0.2, 0) is 4.79 Å². The van der Waals surface area contributed by atoms with Crippen LogP contribution in [0.2, 0.25) is 0 Å². The maximum absolute atomic E-state index is 11.6. The average Bonchev–Trinajstić information content (AvgIpc) is 2.85. The molecule has 0 saturated carbocycles. The van der Waals surface area contributed by atoms with E-state index in [1.54, 1.807) is 48.5 Å². The van der Waals surface area contributed by atoms with Crippen LogP contribution in [0.1, 0.15) is 15.9 Å². The molecule has 2 aromatic carbocycles. The van der Waals surface area contributed by atoms with Crippen molar-refractivity contribution in [2.45, 2.75) is 0 Å². The first-order valence-electron chi connectivity index (χ1n) is 6.83. The topological polar surface area (TPSA) is 83.5 Å². The lowest BCUT2D eigenvalue weighted by molar-refractivity contribution is -0.115. The molecule has 0 bridgehead atoms. The molecule has 5 nitrogen and oxygen atoms in total. The molecule has 0 spiro atoms. The van der Waals surface area contributed by atoms with Crippen molar-refractivity contribution in [2.24, 2.45) is 0 Å². The van der Waals surface area contributed by atoms with Gasteiger partial charge in [0.2, 0.25) is 0 Å². The van der Waals surface area contributed by atoms with Gasteiger partial charge in [-0.3, -0.25) is 14.9 Å². The highest BCUT2D eigenvalue weighted by Crippen LogP contribution is 2.33. The number of halogens is 1. The predicted octanol–water partition coefficient (Wildman–Crippen LogP) is 4.14. The number of carboxylic acid groups (broad SMARTS) is 1. The number of hydrogen-bond acceptors (Lipinski definition) is 4. The number of amides is 2. The van der Waals surface area contributed by atoms with Crippen molar-refractivity contribution in [3.63, 3.8) is 0 Å². The Morgan fingerprint density at radius 1 is 1.12 bits per heavy atom. The number of benzene rings is 2. The third kappa shape index (κ3) is 3.27. The Kier molecular flexibility index (Phi) is 4.55. The van der Waals surface area contributed by atoms with Crippen molar-refractivity contribution in [1.29, 1.82) is 0 Å². The molecule has 1 fully saturated rings. The van der Waals surface area contributed by atoms with Gasteiger partial charge in [-0.15, -0.1) is 0 Å². The zero-order valence-corrected chi connectivity index (χ0v) is 14.5. The van der Waals surface area contributed by atoms with E-state index < -0.39 is 17.1 Å². The van der Waals surface area contributed by atoms with Gasteiger partial charge in [0.1, 0.15) is 0 Å². The van der Waals surface area contributed by atoms with E-state index in [2.05, 4.69) is 21.2 Å². The Bertz CT molecular complexity index is 907. The smallest absolute Gasteiger partial charge is 0.336 e. The Hall–Kier alpha value is -2.38. The molecule has 2 aromatic rings. The number of carbonyl (C=O) groups excluding carboxylic acids is 2. The van der Waals surface area contributed by atoms with Crippen LogP contribution in [0, 0.1) is 0 Å². The van der Waals surface area contributed by atoms with Crippen LogP contribution in [0.15, 0.2) is 51.8 Å². The summed E-state index contributed by atoms with van der Waals surface area (Å²) >= 11 is 4.30. The zero-order valence-electron chi connectivity index (χ0n) is 12.1. The Morgan fingerprint density at radius 2 is 1.88 bits per heavy atom. The minimum Gasteiger partial charge on any atom is -0.478 e. The molecule has 0 radical (unpaired) electrons. The Labute approximate surface area is 149 Å². The number of nitrogens with one attached hydrogen (secondary N) is 1. The molecule has 0 aliphatic carbocycles. The lowest BCUT2D eigenvalue weighted by atomic mass is 9.98. The molecule has 120 valence electrons. The number of aromatic carboxylic acids is 1. The number of carbonyl (C=O) groups is 3. The fraction of sp³-hybridized carbons (Fsp3) is 0. The quantitative estimate of drug-likeness (QED) is 0.752. The van der Waals surface area contributed by atoms with Gasteiger partial charge in [0.15, 0.2) is 0 Å². The third-order valence-corrected chi connectivity index (χ3v) is 4.85. The lowest BCUT2D eigenvalue weighted by Crippen LogP contribution is -2.17. The van der Waals surface area contributed by atoms with Crippen molar-refractivity contribution >= 4 is 50.9 Å². The molecule has 0 unspecified atom stereocenters. The number of carboxylic acids is 1. The standard InChI is InChI=1S/C17H10BrNO4S/c18-13-7-9(8-14-15(20)19-17(23)24-14)5-6-11(13)10-3-1-2-4-12(10)16(21)22/h1-8H,(H,21,22)(H,19,20,23)/b14-8-. The summed E-state index contributed by atoms with van der Waals surface area (Å²) < 4.78 is 0.695. The summed E-state index contributed by atoms with van der Waals surface area (Å²) in [4.78, 5) is 34.5. The molecular formula is C17H10BrNO4S. The number of imide groups is 1. The maximum Gasteiger partial charge on any atom is 0.336 e. The number of thioether (sulfide) groups is 1. The molecule has 2 amide bonds. The van der Waals surface area contributed by atoms with Crippen LogP contribution in [-0.4, -0.2) is 22.2 Å². The summed E-state index contributed by atoms with van der Waals surface area (Å²) in [6.07, 6.45) is 1.61. The van der Waals surface area contributed by atoms with E-state index in [1.807, 2.05) is 0 Å². The lowest BCUT2D eigenvalue weighted by Gasteiger charge is -2.09. The van der Waals surface area contributed by atoms with E-state index in [0.29, 0.717) is 14.9 Å². The Balaban J connectivity index is 2.00. The van der Waals surface area contributed by atoms with Crippen LogP contribution in [0.3, 0.4) is 0 Å². The second-order valence-corrected chi connectivity index (χ2v) is 6.81. The van der Waals surface area contributed by atoms with Crippen LogP contribution in [0.5, 0.6) is 0 Å². The van der Waals surface area contributed by atoms with E-state index in [-0.39, 0.29) is 5.56 Å². The second-order valence-electron chi connectivity index (χ2n) is 4.94. The third-order valence-electron chi connectivity index (χ3n) is 3.38. The van der Waals surface area contributed by atoms with Crippen LogP contribution >= 0.6 is 27.7 Å². The highest BCUT2D eigenvalue weighted by Gasteiger charge is 2.25. The van der Waals surface area contributed by atoms with Gasteiger partial charge in [-0.25, -0.2) is 4.79 Å². The van der Waals surface area contributed by atoms with Crippen LogP contribution < -0.4 is 5.32 Å². The first-order valence-corrected chi connectivity index (χ1v) is 8.44. The van der Waals surface area contributed by atoms with Gasteiger partial charge in [-0.2, -0.15) is 0 Å². The first kappa shape index (κ1) is 16.5. The molecule has 1 saturated heterocycles. The van der Waals surface area contributed by atoms with Gasteiger partial charge < -0.3 is 5.11 Å². The van der Waals surface area contributed by atoms with E-state index >= 15 is 0 Å². The largest absolute Gasteiger partial charge is 0.478 e. The van der Waals surface area contributed by atoms with E-state index in [0.717, 1.165) is 22.9 Å². The van der Waals surface area contributed by atoms with Crippen LogP contribution in [0.4, 0.5) is 4.79 Å². The number of rotatable bonds is 3. The first-order chi connectivity index (χ1) is 11.5. The van der Waals surface area contributed by atoms with Gasteiger partial charge >= 0.3 is 5.97 Å². The highest BCUT2D eigenvalue weighted by molar-refractivity contribution is 9.10. The molecule has 2 N–H and O–H groups in total. The zero-order chi connectivity index (χ0) is 17.3. The molecule has 1 heterocycles. The summed E-state index contributed by atoms with van der Waals surface area (Å²) in [7, 11) is 0. The Morgan fingerprint density at radius 3 is 2.50 bits per heavy atom. The second kappa shape index (κ2) is 6.62. The normalized spacial score (nSPS) is 15.6. The fourth-order valence-electron chi connectivity index (χ4n) is 2.32. The van der Waals surface area contributed by atoms with Crippen molar-refractivity contribution in [3.05, 3.63) is 63.0 Å². The van der Waals surface area contributed by atoms with E-state index in [4.69, 9.17) is 0 Å². The SMILES string of the molecule is O=C1NC(=O)/C(=C/c2ccc(-c3ccccc3C(=O)O)c(Br)c2)S1. The molecule has 24 heavy (non-hydrogen) atoms. The maximum atomic E-state index is 11.6. The number of hydrogen-bond donors (Lipinski definition) is 2. The van der Waals surface area contributed by atoms with Crippen LogP contribution in [0.25, 0.3) is 17.2 Å². The van der Waals surface area contributed by atoms with E-state index in [1.165, 1.54) is 0 Å². The molecule has 1 aliphatic heterocycles.